The normalized spacial score (nSPS) is 10.6. The first-order valence-corrected chi connectivity index (χ1v) is 6.12. The van der Waals surface area contributed by atoms with E-state index in [0.29, 0.717) is 0 Å². The molecule has 1 aromatic heterocycles. The topological polar surface area (TPSA) is 34.2 Å². The van der Waals surface area contributed by atoms with Gasteiger partial charge in [-0.15, -0.1) is 0 Å². The maximum absolute atomic E-state index is 5.40. The van der Waals surface area contributed by atoms with Crippen molar-refractivity contribution < 1.29 is 9.47 Å². The van der Waals surface area contributed by atoms with Gasteiger partial charge in [-0.25, -0.2) is 0 Å². The summed E-state index contributed by atoms with van der Waals surface area (Å²) in [6.45, 7) is 0. The van der Waals surface area contributed by atoms with E-state index in [9.17, 15) is 0 Å². The zero-order valence-corrected chi connectivity index (χ0v) is 10.9. The molecule has 0 fully saturated rings. The molecular weight excluding hydrogens is 238 g/mol. The Morgan fingerprint density at radius 2 is 1.74 bits per heavy atom. The largest absolute Gasteiger partial charge is 0.497 e. The number of hydrogen-bond acceptors (Lipinski definition) is 2. The number of hydrogen-bond donors (Lipinski definition) is 1. The van der Waals surface area contributed by atoms with E-state index in [-0.39, 0.29) is 0 Å². The minimum Gasteiger partial charge on any atom is -0.497 e. The zero-order chi connectivity index (χ0) is 13.2. The van der Waals surface area contributed by atoms with Gasteiger partial charge in [0.05, 0.1) is 19.9 Å². The molecule has 0 radical (unpaired) electrons. The van der Waals surface area contributed by atoms with Crippen molar-refractivity contribution in [3.63, 3.8) is 0 Å². The predicted molar refractivity (Wildman–Crippen MR) is 76.8 cm³/mol. The summed E-state index contributed by atoms with van der Waals surface area (Å²) in [7, 11) is 3.36. The first kappa shape index (κ1) is 11.7. The van der Waals surface area contributed by atoms with E-state index in [0.717, 1.165) is 33.7 Å². The maximum atomic E-state index is 5.40. The fourth-order valence-electron chi connectivity index (χ4n) is 2.25. The molecule has 96 valence electrons. The summed E-state index contributed by atoms with van der Waals surface area (Å²) in [5.74, 6) is 1.72. The van der Waals surface area contributed by atoms with Crippen molar-refractivity contribution in [2.24, 2.45) is 0 Å². The minimum absolute atomic E-state index is 0.859. The molecule has 0 saturated carbocycles. The number of aromatic amines is 1. The number of fused-ring (bicyclic) bond motifs is 1. The molecule has 1 N–H and O–H groups in total. The van der Waals surface area contributed by atoms with Gasteiger partial charge in [0.15, 0.2) is 0 Å². The van der Waals surface area contributed by atoms with Crippen molar-refractivity contribution in [1.82, 2.24) is 4.98 Å². The van der Waals surface area contributed by atoms with Crippen LogP contribution in [0.3, 0.4) is 0 Å². The smallest absolute Gasteiger partial charge is 0.128 e. The molecule has 0 aliphatic carbocycles. The summed E-state index contributed by atoms with van der Waals surface area (Å²) in [6, 6.07) is 16.1. The highest BCUT2D eigenvalue weighted by molar-refractivity contribution is 5.88. The van der Waals surface area contributed by atoms with E-state index >= 15 is 0 Å². The monoisotopic (exact) mass is 253 g/mol. The van der Waals surface area contributed by atoms with Crippen LogP contribution in [0.4, 0.5) is 0 Å². The zero-order valence-electron chi connectivity index (χ0n) is 10.9. The lowest BCUT2D eigenvalue weighted by molar-refractivity contribution is 0.415. The molecule has 3 rings (SSSR count). The van der Waals surface area contributed by atoms with Crippen LogP contribution in [0.25, 0.3) is 22.2 Å². The number of methoxy groups -OCH3 is 2. The van der Waals surface area contributed by atoms with Gasteiger partial charge in [0, 0.05) is 16.5 Å². The fourth-order valence-corrected chi connectivity index (χ4v) is 2.25. The summed E-state index contributed by atoms with van der Waals surface area (Å²) < 4.78 is 10.6. The van der Waals surface area contributed by atoms with Gasteiger partial charge < -0.3 is 14.5 Å². The molecule has 0 saturated heterocycles. The van der Waals surface area contributed by atoms with Gasteiger partial charge in [0.2, 0.25) is 0 Å². The molecule has 0 bridgehead atoms. The highest BCUT2D eigenvalue weighted by Crippen LogP contribution is 2.32. The van der Waals surface area contributed by atoms with E-state index in [1.165, 1.54) is 0 Å². The first-order valence-electron chi connectivity index (χ1n) is 6.12. The molecule has 0 aliphatic heterocycles. The van der Waals surface area contributed by atoms with Crippen LogP contribution in [0.2, 0.25) is 0 Å². The van der Waals surface area contributed by atoms with Gasteiger partial charge in [-0.3, -0.25) is 0 Å². The summed E-state index contributed by atoms with van der Waals surface area (Å²) in [6.07, 6.45) is 0. The van der Waals surface area contributed by atoms with Crippen LogP contribution >= 0.6 is 0 Å². The predicted octanol–water partition coefficient (Wildman–Crippen LogP) is 3.85. The van der Waals surface area contributed by atoms with E-state index in [2.05, 4.69) is 11.1 Å². The van der Waals surface area contributed by atoms with Crippen LogP contribution in [0.5, 0.6) is 11.5 Å². The Kier molecular flexibility index (Phi) is 2.88. The van der Waals surface area contributed by atoms with Gasteiger partial charge in [-0.2, -0.15) is 0 Å². The maximum Gasteiger partial charge on any atom is 0.128 e. The van der Waals surface area contributed by atoms with Crippen LogP contribution in [-0.2, 0) is 0 Å². The second-order valence-electron chi connectivity index (χ2n) is 4.34. The number of nitrogens with one attached hydrogen (secondary N) is 1. The summed E-state index contributed by atoms with van der Waals surface area (Å²) in [5.41, 5.74) is 3.18. The highest BCUT2D eigenvalue weighted by atomic mass is 16.5. The molecule has 0 spiro atoms. The molecule has 1 heterocycles. The number of rotatable bonds is 3. The van der Waals surface area contributed by atoms with Crippen LogP contribution in [-0.4, -0.2) is 19.2 Å². The number of benzene rings is 2. The second kappa shape index (κ2) is 4.69. The van der Waals surface area contributed by atoms with Crippen molar-refractivity contribution >= 4 is 10.9 Å². The van der Waals surface area contributed by atoms with Gasteiger partial charge in [-0.1, -0.05) is 12.1 Å². The molecule has 0 aliphatic rings. The molecule has 3 aromatic rings. The Morgan fingerprint density at radius 3 is 2.53 bits per heavy atom. The molecule has 3 heteroatoms. The summed E-state index contributed by atoms with van der Waals surface area (Å²) >= 11 is 0. The first-order chi connectivity index (χ1) is 9.31. The molecule has 0 unspecified atom stereocenters. The lowest BCUT2D eigenvalue weighted by Crippen LogP contribution is -1.86. The third-order valence-corrected chi connectivity index (χ3v) is 3.23. The Morgan fingerprint density at radius 1 is 0.895 bits per heavy atom. The summed E-state index contributed by atoms with van der Waals surface area (Å²) in [4.78, 5) is 3.40. The Balaban J connectivity index is 2.15. The van der Waals surface area contributed by atoms with Crippen LogP contribution in [0.1, 0.15) is 0 Å². The Labute approximate surface area is 111 Å². The van der Waals surface area contributed by atoms with Gasteiger partial charge in [0.1, 0.15) is 11.5 Å². The van der Waals surface area contributed by atoms with Gasteiger partial charge in [0.25, 0.3) is 0 Å². The number of aromatic nitrogens is 1. The minimum atomic E-state index is 0.859. The fraction of sp³-hybridized carbons (Fsp3) is 0.125. The average molecular weight is 253 g/mol. The van der Waals surface area contributed by atoms with Crippen molar-refractivity contribution in [3.05, 3.63) is 48.5 Å². The lowest BCUT2D eigenvalue weighted by atomic mass is 10.1. The van der Waals surface area contributed by atoms with Gasteiger partial charge in [-0.05, 0) is 36.4 Å². The molecule has 19 heavy (non-hydrogen) atoms. The Hall–Kier alpha value is -2.42. The standard InChI is InChI=1S/C16H15NO2/c1-18-12-7-8-14-11(9-12)10-15(17-14)13-5-3-4-6-16(13)19-2/h3-10,17H,1-2H3. The molecule has 3 nitrogen and oxygen atoms in total. The number of ether oxygens (including phenoxy) is 2. The summed E-state index contributed by atoms with van der Waals surface area (Å²) in [5, 5.41) is 1.13. The quantitative estimate of drug-likeness (QED) is 0.769. The lowest BCUT2D eigenvalue weighted by Gasteiger charge is -2.05. The van der Waals surface area contributed by atoms with Crippen molar-refractivity contribution in [1.29, 1.82) is 0 Å². The van der Waals surface area contributed by atoms with E-state index in [4.69, 9.17) is 9.47 Å². The highest BCUT2D eigenvalue weighted by Gasteiger charge is 2.08. The molecule has 0 amide bonds. The van der Waals surface area contributed by atoms with Crippen LogP contribution in [0.15, 0.2) is 48.5 Å². The van der Waals surface area contributed by atoms with Crippen LogP contribution in [0, 0.1) is 0 Å². The number of para-hydroxylation sites is 1. The van der Waals surface area contributed by atoms with Crippen molar-refractivity contribution in [3.8, 4) is 22.8 Å². The van der Waals surface area contributed by atoms with Gasteiger partial charge >= 0.3 is 0 Å². The van der Waals surface area contributed by atoms with E-state index < -0.39 is 0 Å². The SMILES string of the molecule is COc1ccc2[nH]c(-c3ccccc3OC)cc2c1. The average Bonchev–Trinajstić information content (AvgIpc) is 2.89. The van der Waals surface area contributed by atoms with E-state index in [1.54, 1.807) is 14.2 Å². The van der Waals surface area contributed by atoms with E-state index in [1.807, 2.05) is 42.5 Å². The van der Waals surface area contributed by atoms with Crippen LogP contribution < -0.4 is 9.47 Å². The Bertz CT molecular complexity index is 716. The number of H-pyrrole nitrogens is 1. The second-order valence-corrected chi connectivity index (χ2v) is 4.34. The molecule has 2 aromatic carbocycles. The van der Waals surface area contributed by atoms with Crippen molar-refractivity contribution in [2.45, 2.75) is 0 Å². The molecular formula is C16H15NO2. The third-order valence-electron chi connectivity index (χ3n) is 3.23. The molecule has 0 atom stereocenters. The third kappa shape index (κ3) is 2.03. The van der Waals surface area contributed by atoms with Crippen molar-refractivity contribution in [2.75, 3.05) is 14.2 Å².